The highest BCUT2D eigenvalue weighted by atomic mass is 16.6. The van der Waals surface area contributed by atoms with Gasteiger partial charge >= 0.3 is 0 Å². The highest BCUT2D eigenvalue weighted by Crippen LogP contribution is 2.25. The van der Waals surface area contributed by atoms with Gasteiger partial charge in [0.1, 0.15) is 12.4 Å². The summed E-state index contributed by atoms with van der Waals surface area (Å²) in [5.41, 5.74) is 1.63. The third kappa shape index (κ3) is 5.75. The van der Waals surface area contributed by atoms with Crippen molar-refractivity contribution >= 4 is 6.21 Å². The lowest BCUT2D eigenvalue weighted by atomic mass is 9.90. The molecule has 1 aliphatic carbocycles. The average molecular weight is 377 g/mol. The van der Waals surface area contributed by atoms with Crippen LogP contribution in [0.5, 0.6) is 11.6 Å². The van der Waals surface area contributed by atoms with Crippen molar-refractivity contribution in [2.24, 2.45) is 18.1 Å². The fraction of sp³-hybridized carbons (Fsp3) is 0.391. The van der Waals surface area contributed by atoms with Crippen LogP contribution in [-0.4, -0.2) is 22.6 Å². The van der Waals surface area contributed by atoms with E-state index in [0.29, 0.717) is 18.4 Å². The summed E-state index contributed by atoms with van der Waals surface area (Å²) in [6, 6.07) is 9.61. The molecule has 1 aliphatic rings. The van der Waals surface area contributed by atoms with E-state index in [1.807, 2.05) is 56.5 Å². The summed E-state index contributed by atoms with van der Waals surface area (Å²) in [5.74, 6) is 8.38. The van der Waals surface area contributed by atoms with Gasteiger partial charge in [0.15, 0.2) is 0 Å². The number of para-hydroxylation sites is 1. The van der Waals surface area contributed by atoms with Gasteiger partial charge < -0.3 is 9.57 Å². The van der Waals surface area contributed by atoms with E-state index in [2.05, 4.69) is 22.1 Å². The van der Waals surface area contributed by atoms with Gasteiger partial charge in [0.2, 0.25) is 5.88 Å². The van der Waals surface area contributed by atoms with Crippen LogP contribution in [0.1, 0.15) is 43.4 Å². The molecule has 0 aliphatic heterocycles. The summed E-state index contributed by atoms with van der Waals surface area (Å²) in [7, 11) is 1.84. The standard InChI is InChI=1S/C23H27N3O2/c1-19-22(23(26(2)25-19)28-21-15-9-4-10-16-21)18-24-27-17-11-5-8-14-20-12-6-3-7-13-20/h4-5,9-11,15-16,18,20H,3,6-7,12-13,17H2,1-2H3. The Balaban J connectivity index is 1.51. The van der Waals surface area contributed by atoms with Crippen LogP contribution < -0.4 is 4.74 Å². The molecule has 0 saturated heterocycles. The van der Waals surface area contributed by atoms with Crippen LogP contribution in [0.4, 0.5) is 0 Å². The van der Waals surface area contributed by atoms with E-state index < -0.39 is 0 Å². The van der Waals surface area contributed by atoms with Crippen LogP contribution in [0.15, 0.2) is 47.6 Å². The number of hydrogen-bond donors (Lipinski definition) is 0. The predicted molar refractivity (Wildman–Crippen MR) is 111 cm³/mol. The smallest absolute Gasteiger partial charge is 0.226 e. The summed E-state index contributed by atoms with van der Waals surface area (Å²) in [6.45, 7) is 2.30. The normalized spacial score (nSPS) is 14.9. The molecule has 2 aromatic rings. The van der Waals surface area contributed by atoms with E-state index in [1.54, 1.807) is 10.9 Å². The molecule has 0 spiro atoms. The molecule has 1 aromatic carbocycles. The molecule has 0 N–H and O–H groups in total. The highest BCUT2D eigenvalue weighted by Gasteiger charge is 2.14. The summed E-state index contributed by atoms with van der Waals surface area (Å²) in [6.07, 6.45) is 11.8. The molecule has 3 rings (SSSR count). The first-order valence-corrected chi connectivity index (χ1v) is 9.82. The van der Waals surface area contributed by atoms with Crippen LogP contribution >= 0.6 is 0 Å². The predicted octanol–water partition coefficient (Wildman–Crippen LogP) is 5.01. The first-order valence-electron chi connectivity index (χ1n) is 9.82. The Morgan fingerprint density at radius 1 is 1.21 bits per heavy atom. The lowest BCUT2D eigenvalue weighted by Crippen LogP contribution is -2.02. The quantitative estimate of drug-likeness (QED) is 0.308. The third-order valence-corrected chi connectivity index (χ3v) is 4.69. The van der Waals surface area contributed by atoms with Crippen LogP contribution in [0.25, 0.3) is 0 Å². The SMILES string of the molecule is Cc1nn(C)c(Oc2ccccc2)c1C=NOCC=CC#CC1CCCCC1. The van der Waals surface area contributed by atoms with Crippen molar-refractivity contribution < 1.29 is 9.57 Å². The molecule has 146 valence electrons. The molecule has 0 atom stereocenters. The topological polar surface area (TPSA) is 48.6 Å². The molecule has 0 unspecified atom stereocenters. The fourth-order valence-corrected chi connectivity index (χ4v) is 3.22. The monoisotopic (exact) mass is 377 g/mol. The van der Waals surface area contributed by atoms with Gasteiger partial charge in [0.05, 0.1) is 17.5 Å². The highest BCUT2D eigenvalue weighted by molar-refractivity contribution is 5.84. The molecular weight excluding hydrogens is 350 g/mol. The molecular formula is C23H27N3O2. The Labute approximate surface area is 167 Å². The molecule has 28 heavy (non-hydrogen) atoms. The Kier molecular flexibility index (Phi) is 7.31. The number of nitrogens with zero attached hydrogens (tertiary/aromatic N) is 3. The molecule has 1 heterocycles. The van der Waals surface area contributed by atoms with Crippen molar-refractivity contribution in [1.82, 2.24) is 9.78 Å². The van der Waals surface area contributed by atoms with Gasteiger partial charge in [-0.3, -0.25) is 0 Å². The molecule has 0 radical (unpaired) electrons. The lowest BCUT2D eigenvalue weighted by Gasteiger charge is -2.15. The average Bonchev–Trinajstić information content (AvgIpc) is 2.98. The van der Waals surface area contributed by atoms with Crippen LogP contribution in [0.2, 0.25) is 0 Å². The Hall–Kier alpha value is -3.00. The van der Waals surface area contributed by atoms with Crippen LogP contribution in [-0.2, 0) is 11.9 Å². The minimum atomic E-state index is 0.379. The van der Waals surface area contributed by atoms with E-state index >= 15 is 0 Å². The van der Waals surface area contributed by atoms with Gasteiger partial charge in [-0.25, -0.2) is 4.68 Å². The van der Waals surface area contributed by atoms with Crippen molar-refractivity contribution in [2.45, 2.75) is 39.0 Å². The third-order valence-electron chi connectivity index (χ3n) is 4.69. The van der Waals surface area contributed by atoms with E-state index in [4.69, 9.17) is 9.57 Å². The van der Waals surface area contributed by atoms with Crippen molar-refractivity contribution in [3.8, 4) is 23.5 Å². The maximum Gasteiger partial charge on any atom is 0.226 e. The Morgan fingerprint density at radius 2 is 2.00 bits per heavy atom. The molecule has 5 heteroatoms. The van der Waals surface area contributed by atoms with Gasteiger partial charge in [-0.15, -0.1) is 0 Å². The second kappa shape index (κ2) is 10.4. The molecule has 1 aromatic heterocycles. The van der Waals surface area contributed by atoms with Gasteiger partial charge in [0, 0.05) is 13.0 Å². The Bertz CT molecular complexity index is 866. The van der Waals surface area contributed by atoms with Crippen molar-refractivity contribution in [2.75, 3.05) is 6.61 Å². The number of aromatic nitrogens is 2. The maximum atomic E-state index is 5.95. The van der Waals surface area contributed by atoms with Crippen LogP contribution in [0.3, 0.4) is 0 Å². The van der Waals surface area contributed by atoms with E-state index in [0.717, 1.165) is 17.0 Å². The van der Waals surface area contributed by atoms with Gasteiger partial charge in [-0.2, -0.15) is 5.10 Å². The minimum Gasteiger partial charge on any atom is -0.439 e. The molecule has 0 bridgehead atoms. The second-order valence-electron chi connectivity index (χ2n) is 6.90. The minimum absolute atomic E-state index is 0.379. The largest absolute Gasteiger partial charge is 0.439 e. The molecule has 0 amide bonds. The van der Waals surface area contributed by atoms with Gasteiger partial charge in [0.25, 0.3) is 0 Å². The van der Waals surface area contributed by atoms with Gasteiger partial charge in [-0.1, -0.05) is 54.5 Å². The van der Waals surface area contributed by atoms with Crippen LogP contribution in [0, 0.1) is 24.7 Å². The molecule has 5 nitrogen and oxygen atoms in total. The van der Waals surface area contributed by atoms with Crippen molar-refractivity contribution in [3.63, 3.8) is 0 Å². The first kappa shape index (κ1) is 19.8. The second-order valence-corrected chi connectivity index (χ2v) is 6.90. The van der Waals surface area contributed by atoms with E-state index in [-0.39, 0.29) is 0 Å². The van der Waals surface area contributed by atoms with Gasteiger partial charge in [-0.05, 0) is 44.1 Å². The number of ether oxygens (including phenoxy) is 1. The number of oxime groups is 1. The maximum absolute atomic E-state index is 5.95. The number of allylic oxidation sites excluding steroid dienone is 1. The van der Waals surface area contributed by atoms with E-state index in [9.17, 15) is 0 Å². The lowest BCUT2D eigenvalue weighted by molar-refractivity contribution is 0.176. The number of rotatable bonds is 6. The molecule has 1 fully saturated rings. The fourth-order valence-electron chi connectivity index (χ4n) is 3.22. The summed E-state index contributed by atoms with van der Waals surface area (Å²) < 4.78 is 7.65. The zero-order valence-electron chi connectivity index (χ0n) is 16.6. The zero-order chi connectivity index (χ0) is 19.6. The van der Waals surface area contributed by atoms with Crippen molar-refractivity contribution in [1.29, 1.82) is 0 Å². The number of hydrogen-bond acceptors (Lipinski definition) is 4. The summed E-state index contributed by atoms with van der Waals surface area (Å²) >= 11 is 0. The number of aryl methyl sites for hydroxylation is 2. The molecule has 1 saturated carbocycles. The summed E-state index contributed by atoms with van der Waals surface area (Å²) in [4.78, 5) is 5.32. The van der Waals surface area contributed by atoms with E-state index in [1.165, 1.54) is 32.1 Å². The zero-order valence-corrected chi connectivity index (χ0v) is 16.6. The Morgan fingerprint density at radius 3 is 2.79 bits per heavy atom. The first-order chi connectivity index (χ1) is 13.7. The van der Waals surface area contributed by atoms with Crippen molar-refractivity contribution in [3.05, 3.63) is 53.7 Å². The number of benzene rings is 1. The summed E-state index contributed by atoms with van der Waals surface area (Å²) in [5, 5.41) is 8.45.